The molecule has 2 atom stereocenters. The molecule has 1 aliphatic carbocycles. The third-order valence-corrected chi connectivity index (χ3v) is 2.98. The molecule has 17 heavy (non-hydrogen) atoms. The molecule has 2 rings (SSSR count). The predicted molar refractivity (Wildman–Crippen MR) is 66.3 cm³/mol. The Morgan fingerprint density at radius 1 is 1.35 bits per heavy atom. The molecule has 0 spiro atoms. The van der Waals surface area contributed by atoms with Gasteiger partial charge in [0.05, 0.1) is 5.92 Å². The molecular formula is C14H17NO2. The van der Waals surface area contributed by atoms with Gasteiger partial charge in [-0.25, -0.2) is 0 Å². The third-order valence-electron chi connectivity index (χ3n) is 2.98. The topological polar surface area (TPSA) is 38.3 Å². The zero-order chi connectivity index (χ0) is 12.1. The van der Waals surface area contributed by atoms with Gasteiger partial charge >= 0.3 is 5.97 Å². The number of likely N-dealkylation sites (N-methyl/N-ethyl adjacent to an activating group) is 1. The van der Waals surface area contributed by atoms with E-state index in [1.807, 2.05) is 49.5 Å². The molecule has 0 radical (unpaired) electrons. The van der Waals surface area contributed by atoms with Crippen molar-refractivity contribution >= 4 is 5.97 Å². The van der Waals surface area contributed by atoms with Crippen LogP contribution in [0, 0.1) is 5.92 Å². The quantitative estimate of drug-likeness (QED) is 0.635. The van der Waals surface area contributed by atoms with Crippen LogP contribution in [0.2, 0.25) is 0 Å². The van der Waals surface area contributed by atoms with Crippen molar-refractivity contribution in [2.75, 3.05) is 7.05 Å². The van der Waals surface area contributed by atoms with Crippen LogP contribution in [0.4, 0.5) is 0 Å². The zero-order valence-electron chi connectivity index (χ0n) is 9.93. The van der Waals surface area contributed by atoms with Crippen LogP contribution in [0.25, 0.3) is 0 Å². The van der Waals surface area contributed by atoms with Crippen molar-refractivity contribution in [2.24, 2.45) is 5.92 Å². The molecule has 90 valence electrons. The molecule has 0 heterocycles. The molecule has 0 amide bonds. The summed E-state index contributed by atoms with van der Waals surface area (Å²) in [7, 11) is 1.90. The third kappa shape index (κ3) is 3.17. The van der Waals surface area contributed by atoms with Crippen LogP contribution >= 0.6 is 0 Å². The van der Waals surface area contributed by atoms with Gasteiger partial charge in [-0.2, -0.15) is 0 Å². The molecule has 0 saturated carbocycles. The van der Waals surface area contributed by atoms with E-state index >= 15 is 0 Å². The Morgan fingerprint density at radius 2 is 2.12 bits per heavy atom. The lowest BCUT2D eigenvalue weighted by Gasteiger charge is -2.11. The van der Waals surface area contributed by atoms with E-state index in [2.05, 4.69) is 5.32 Å². The maximum atomic E-state index is 11.8. The molecule has 3 nitrogen and oxygen atoms in total. The number of carbonyl (C=O) groups excluding carboxylic acids is 1. The minimum Gasteiger partial charge on any atom is -0.460 e. The monoisotopic (exact) mass is 231 g/mol. The summed E-state index contributed by atoms with van der Waals surface area (Å²) in [6.07, 6.45) is 4.74. The highest BCUT2D eigenvalue weighted by molar-refractivity contribution is 5.75. The number of hydrogen-bond donors (Lipinski definition) is 1. The Kier molecular flexibility index (Phi) is 3.94. The summed E-state index contributed by atoms with van der Waals surface area (Å²) in [4.78, 5) is 11.8. The number of hydrogen-bond acceptors (Lipinski definition) is 3. The smallest absolute Gasteiger partial charge is 0.313 e. The number of ether oxygens (including phenoxy) is 1. The van der Waals surface area contributed by atoms with Crippen LogP contribution in [0.5, 0.6) is 0 Å². The molecule has 0 unspecified atom stereocenters. The summed E-state index contributed by atoms with van der Waals surface area (Å²) < 4.78 is 5.29. The van der Waals surface area contributed by atoms with Gasteiger partial charge in [0.2, 0.25) is 0 Å². The summed E-state index contributed by atoms with van der Waals surface area (Å²) >= 11 is 0. The Bertz CT molecular complexity index is 400. The van der Waals surface area contributed by atoms with Gasteiger partial charge in [0, 0.05) is 6.04 Å². The van der Waals surface area contributed by atoms with Gasteiger partial charge in [-0.05, 0) is 19.0 Å². The lowest BCUT2D eigenvalue weighted by atomic mass is 10.1. The van der Waals surface area contributed by atoms with Gasteiger partial charge in [-0.15, -0.1) is 0 Å². The predicted octanol–water partition coefficient (Wildman–Crippen LogP) is 1.89. The summed E-state index contributed by atoms with van der Waals surface area (Å²) in [6, 6.07) is 10.0. The molecule has 0 bridgehead atoms. The molecule has 3 heteroatoms. The van der Waals surface area contributed by atoms with Crippen molar-refractivity contribution in [1.29, 1.82) is 0 Å². The number of carbonyl (C=O) groups is 1. The average molecular weight is 231 g/mol. The summed E-state index contributed by atoms with van der Waals surface area (Å²) in [5, 5.41) is 3.13. The van der Waals surface area contributed by atoms with Crippen molar-refractivity contribution < 1.29 is 9.53 Å². The van der Waals surface area contributed by atoms with Crippen LogP contribution < -0.4 is 5.32 Å². The van der Waals surface area contributed by atoms with E-state index in [-0.39, 0.29) is 11.9 Å². The maximum Gasteiger partial charge on any atom is 0.313 e. The molecule has 0 aromatic heterocycles. The van der Waals surface area contributed by atoms with E-state index in [0.29, 0.717) is 12.6 Å². The Labute approximate surface area is 101 Å². The van der Waals surface area contributed by atoms with E-state index < -0.39 is 0 Å². The molecule has 0 aliphatic heterocycles. The summed E-state index contributed by atoms with van der Waals surface area (Å²) in [5.74, 6) is -0.237. The second-order valence-corrected chi connectivity index (χ2v) is 4.22. The maximum absolute atomic E-state index is 11.8. The first kappa shape index (κ1) is 11.9. The van der Waals surface area contributed by atoms with Gasteiger partial charge in [0.15, 0.2) is 0 Å². The molecule has 0 saturated heterocycles. The minimum absolute atomic E-state index is 0.101. The largest absolute Gasteiger partial charge is 0.460 e. The van der Waals surface area contributed by atoms with Crippen LogP contribution in [-0.4, -0.2) is 19.1 Å². The van der Waals surface area contributed by atoms with Crippen molar-refractivity contribution in [2.45, 2.75) is 19.1 Å². The fraction of sp³-hybridized carbons (Fsp3) is 0.357. The first-order valence-corrected chi connectivity index (χ1v) is 5.86. The van der Waals surface area contributed by atoms with E-state index in [9.17, 15) is 4.79 Å². The molecular weight excluding hydrogens is 214 g/mol. The zero-order valence-corrected chi connectivity index (χ0v) is 9.93. The fourth-order valence-electron chi connectivity index (χ4n) is 1.92. The van der Waals surface area contributed by atoms with Crippen molar-refractivity contribution in [3.05, 3.63) is 48.0 Å². The van der Waals surface area contributed by atoms with Gasteiger partial charge in [0.25, 0.3) is 0 Å². The van der Waals surface area contributed by atoms with Crippen LogP contribution in [0.3, 0.4) is 0 Å². The van der Waals surface area contributed by atoms with E-state index in [0.717, 1.165) is 12.0 Å². The first-order valence-electron chi connectivity index (χ1n) is 5.86. The first-order chi connectivity index (χ1) is 8.29. The van der Waals surface area contributed by atoms with Crippen LogP contribution in [-0.2, 0) is 16.1 Å². The highest BCUT2D eigenvalue weighted by Crippen LogP contribution is 2.19. The summed E-state index contributed by atoms with van der Waals surface area (Å²) in [5.41, 5.74) is 1.02. The Balaban J connectivity index is 1.81. The van der Waals surface area contributed by atoms with Gasteiger partial charge in [-0.3, -0.25) is 4.79 Å². The molecule has 1 N–H and O–H groups in total. The van der Waals surface area contributed by atoms with Crippen molar-refractivity contribution in [1.82, 2.24) is 5.32 Å². The lowest BCUT2D eigenvalue weighted by molar-refractivity contribution is -0.148. The SMILES string of the molecule is CN[C@@H]1C=C[C@H](C(=O)OCc2ccccc2)C1. The van der Waals surface area contributed by atoms with Crippen LogP contribution in [0.15, 0.2) is 42.5 Å². The normalized spacial score (nSPS) is 22.6. The van der Waals surface area contributed by atoms with Gasteiger partial charge in [0.1, 0.15) is 6.61 Å². The average Bonchev–Trinajstić information content (AvgIpc) is 2.86. The van der Waals surface area contributed by atoms with Gasteiger partial charge < -0.3 is 10.1 Å². The fourth-order valence-corrected chi connectivity index (χ4v) is 1.92. The molecule has 1 aromatic carbocycles. The lowest BCUT2D eigenvalue weighted by Crippen LogP contribution is -2.24. The highest BCUT2D eigenvalue weighted by atomic mass is 16.5. The van der Waals surface area contributed by atoms with Gasteiger partial charge in [-0.1, -0.05) is 42.5 Å². The van der Waals surface area contributed by atoms with E-state index in [1.54, 1.807) is 0 Å². The number of benzene rings is 1. The minimum atomic E-state index is -0.136. The number of rotatable bonds is 4. The summed E-state index contributed by atoms with van der Waals surface area (Å²) in [6.45, 7) is 0.355. The van der Waals surface area contributed by atoms with Crippen LogP contribution in [0.1, 0.15) is 12.0 Å². The molecule has 0 fully saturated rings. The Hall–Kier alpha value is -1.61. The Morgan fingerprint density at radius 3 is 2.76 bits per heavy atom. The number of nitrogens with one attached hydrogen (secondary N) is 1. The highest BCUT2D eigenvalue weighted by Gasteiger charge is 2.24. The number of esters is 1. The second kappa shape index (κ2) is 5.64. The van der Waals surface area contributed by atoms with E-state index in [4.69, 9.17) is 4.74 Å². The molecule has 1 aromatic rings. The van der Waals surface area contributed by atoms with E-state index in [1.165, 1.54) is 0 Å². The second-order valence-electron chi connectivity index (χ2n) is 4.22. The van der Waals surface area contributed by atoms with Crippen molar-refractivity contribution in [3.8, 4) is 0 Å². The van der Waals surface area contributed by atoms with Crippen molar-refractivity contribution in [3.63, 3.8) is 0 Å². The molecule has 1 aliphatic rings. The standard InChI is InChI=1S/C14H17NO2/c1-15-13-8-7-12(9-13)14(16)17-10-11-5-3-2-4-6-11/h2-8,12-13,15H,9-10H2,1H3/t12-,13+/m0/s1.